The lowest BCUT2D eigenvalue weighted by molar-refractivity contribution is -0.759. The van der Waals surface area contributed by atoms with Gasteiger partial charge in [-0.2, -0.15) is 0 Å². The zero-order valence-corrected chi connectivity index (χ0v) is 27.1. The molecular weight excluding hydrogens is 598 g/mol. The number of nitrogens with one attached hydrogen (secondary N) is 1. The SMILES string of the molecule is COCCCN1CCOc2ccc(CO[C@H]3CNC[C@@H](OC[C@@H](O)CO[N+](=O)[O-])[C@@H]3c3ccc(COC[C@@H](C)COC)cc3)cc21. The van der Waals surface area contributed by atoms with Crippen molar-refractivity contribution in [2.45, 2.75) is 50.8 Å². The largest absolute Gasteiger partial charge is 0.490 e. The Morgan fingerprint density at radius 3 is 2.50 bits per heavy atom. The second-order valence-electron chi connectivity index (χ2n) is 11.9. The highest BCUT2D eigenvalue weighted by Gasteiger charge is 2.36. The summed E-state index contributed by atoms with van der Waals surface area (Å²) >= 11 is 0. The number of methoxy groups -OCH3 is 2. The summed E-state index contributed by atoms with van der Waals surface area (Å²) in [4.78, 5) is 17.2. The van der Waals surface area contributed by atoms with Crippen LogP contribution in [-0.2, 0) is 41.7 Å². The number of benzene rings is 2. The molecule has 2 aliphatic rings. The second kappa shape index (κ2) is 18.9. The molecule has 0 spiro atoms. The van der Waals surface area contributed by atoms with Crippen LogP contribution < -0.4 is 15.0 Å². The second-order valence-corrected chi connectivity index (χ2v) is 11.9. The van der Waals surface area contributed by atoms with E-state index in [2.05, 4.69) is 40.2 Å². The summed E-state index contributed by atoms with van der Waals surface area (Å²) in [6, 6.07) is 14.4. The molecule has 5 atom stereocenters. The average Bonchev–Trinajstić information content (AvgIpc) is 3.06. The molecule has 13 heteroatoms. The van der Waals surface area contributed by atoms with Crippen LogP contribution >= 0.6 is 0 Å². The van der Waals surface area contributed by atoms with E-state index in [-0.39, 0.29) is 24.7 Å². The van der Waals surface area contributed by atoms with Gasteiger partial charge >= 0.3 is 0 Å². The maximum atomic E-state index is 10.6. The molecule has 2 aromatic carbocycles. The van der Waals surface area contributed by atoms with Gasteiger partial charge in [0.2, 0.25) is 0 Å². The Hall–Kier alpha value is -3.04. The first-order chi connectivity index (χ1) is 22.4. The van der Waals surface area contributed by atoms with E-state index in [1.165, 1.54) is 0 Å². The number of rotatable bonds is 20. The minimum atomic E-state index is -1.14. The smallest absolute Gasteiger partial charge is 0.294 e. The number of nitrogens with zero attached hydrogens (tertiary/aromatic N) is 2. The minimum absolute atomic E-state index is 0.112. The monoisotopic (exact) mass is 647 g/mol. The molecule has 0 bridgehead atoms. The molecule has 0 saturated carbocycles. The molecular formula is C33H49N3O10. The zero-order valence-electron chi connectivity index (χ0n) is 27.1. The fraction of sp³-hybridized carbons (Fsp3) is 0.636. The van der Waals surface area contributed by atoms with Crippen molar-refractivity contribution in [3.05, 3.63) is 69.3 Å². The minimum Gasteiger partial charge on any atom is -0.490 e. The lowest BCUT2D eigenvalue weighted by Crippen LogP contribution is -2.51. The topological polar surface area (TPSA) is 143 Å². The fourth-order valence-corrected chi connectivity index (χ4v) is 5.84. The zero-order chi connectivity index (χ0) is 32.7. The van der Waals surface area contributed by atoms with Crippen LogP contribution in [-0.4, -0.2) is 109 Å². The van der Waals surface area contributed by atoms with Crippen molar-refractivity contribution in [1.82, 2.24) is 5.32 Å². The van der Waals surface area contributed by atoms with E-state index in [4.69, 9.17) is 28.4 Å². The van der Waals surface area contributed by atoms with E-state index in [1.807, 2.05) is 24.3 Å². The maximum absolute atomic E-state index is 10.6. The molecule has 256 valence electrons. The van der Waals surface area contributed by atoms with Crippen LogP contribution in [0.25, 0.3) is 0 Å². The Bertz CT molecular complexity index is 1190. The Morgan fingerprint density at radius 1 is 1.00 bits per heavy atom. The van der Waals surface area contributed by atoms with Crippen molar-refractivity contribution in [3.63, 3.8) is 0 Å². The Kier molecular flexibility index (Phi) is 14.7. The van der Waals surface area contributed by atoms with Gasteiger partial charge in [0.25, 0.3) is 5.09 Å². The molecule has 0 radical (unpaired) electrons. The maximum Gasteiger partial charge on any atom is 0.294 e. The summed E-state index contributed by atoms with van der Waals surface area (Å²) in [7, 11) is 3.40. The Balaban J connectivity index is 1.45. The molecule has 1 fully saturated rings. The van der Waals surface area contributed by atoms with Crippen LogP contribution in [0.4, 0.5) is 5.69 Å². The van der Waals surface area contributed by atoms with Crippen molar-refractivity contribution in [2.75, 3.05) is 84.9 Å². The Labute approximate surface area is 271 Å². The van der Waals surface area contributed by atoms with Gasteiger partial charge in [0.15, 0.2) is 0 Å². The molecule has 0 unspecified atom stereocenters. The van der Waals surface area contributed by atoms with Crippen LogP contribution in [0.1, 0.15) is 36.0 Å². The highest BCUT2D eigenvalue weighted by molar-refractivity contribution is 5.61. The molecule has 2 aromatic rings. The van der Waals surface area contributed by atoms with Crippen molar-refractivity contribution in [1.29, 1.82) is 0 Å². The van der Waals surface area contributed by atoms with Crippen LogP contribution in [0.15, 0.2) is 42.5 Å². The summed E-state index contributed by atoms with van der Waals surface area (Å²) in [5, 5.41) is 23.3. The fourth-order valence-electron chi connectivity index (χ4n) is 5.84. The van der Waals surface area contributed by atoms with E-state index in [9.17, 15) is 15.2 Å². The highest BCUT2D eigenvalue weighted by Crippen LogP contribution is 2.35. The van der Waals surface area contributed by atoms with E-state index in [1.54, 1.807) is 14.2 Å². The molecule has 4 rings (SSSR count). The molecule has 2 heterocycles. The van der Waals surface area contributed by atoms with Crippen LogP contribution in [0, 0.1) is 16.0 Å². The molecule has 0 aromatic heterocycles. The van der Waals surface area contributed by atoms with Gasteiger partial charge in [0, 0.05) is 52.3 Å². The van der Waals surface area contributed by atoms with E-state index in [0.717, 1.165) is 47.6 Å². The summed E-state index contributed by atoms with van der Waals surface area (Å²) in [5.74, 6) is 1.02. The van der Waals surface area contributed by atoms with Crippen molar-refractivity contribution < 1.29 is 43.5 Å². The predicted molar refractivity (Wildman–Crippen MR) is 171 cm³/mol. The third-order valence-corrected chi connectivity index (χ3v) is 8.08. The molecule has 13 nitrogen and oxygen atoms in total. The van der Waals surface area contributed by atoms with Crippen molar-refractivity contribution in [3.8, 4) is 5.75 Å². The van der Waals surface area contributed by atoms with Crippen molar-refractivity contribution in [2.24, 2.45) is 5.92 Å². The van der Waals surface area contributed by atoms with E-state index < -0.39 is 17.8 Å². The first-order valence-electron chi connectivity index (χ1n) is 15.9. The van der Waals surface area contributed by atoms with Crippen molar-refractivity contribution >= 4 is 5.69 Å². The molecule has 2 aliphatic heterocycles. The van der Waals surface area contributed by atoms with Gasteiger partial charge in [0.1, 0.15) is 25.1 Å². The lowest BCUT2D eigenvalue weighted by Gasteiger charge is -2.39. The van der Waals surface area contributed by atoms with Gasteiger partial charge in [-0.15, -0.1) is 10.1 Å². The van der Waals surface area contributed by atoms with Crippen LogP contribution in [0.3, 0.4) is 0 Å². The van der Waals surface area contributed by atoms with Crippen LogP contribution in [0.5, 0.6) is 5.75 Å². The average molecular weight is 648 g/mol. The summed E-state index contributed by atoms with van der Waals surface area (Å²) < 4.78 is 35.0. The number of fused-ring (bicyclic) bond motifs is 1. The van der Waals surface area contributed by atoms with Gasteiger partial charge in [-0.3, -0.25) is 0 Å². The third-order valence-electron chi connectivity index (χ3n) is 8.08. The quantitative estimate of drug-likeness (QED) is 0.124. The molecule has 1 saturated heterocycles. The first kappa shape index (κ1) is 35.8. The third kappa shape index (κ3) is 11.0. The molecule has 2 N–H and O–H groups in total. The van der Waals surface area contributed by atoms with Gasteiger partial charge in [-0.25, -0.2) is 0 Å². The molecule has 46 heavy (non-hydrogen) atoms. The van der Waals surface area contributed by atoms with Gasteiger partial charge in [0.05, 0.1) is 57.5 Å². The number of aliphatic hydroxyl groups excluding tert-OH is 1. The number of aliphatic hydroxyl groups is 1. The van der Waals surface area contributed by atoms with Gasteiger partial charge < -0.3 is 48.6 Å². The number of ether oxygens (including phenoxy) is 6. The number of anilines is 1. The summed E-state index contributed by atoms with van der Waals surface area (Å²) in [6.07, 6.45) is -0.808. The number of hydrogen-bond acceptors (Lipinski definition) is 12. The van der Waals surface area contributed by atoms with Crippen LogP contribution in [0.2, 0.25) is 0 Å². The molecule has 0 amide bonds. The number of piperidine rings is 1. The predicted octanol–water partition coefficient (Wildman–Crippen LogP) is 2.95. The standard InChI is InChI=1S/C33H49N3O10/c1-24(18-41-3)19-42-20-25-5-8-27(9-6-25)33-31(16-34-17-32(33)45-22-28(37)23-46-36(38)39)44-21-26-7-10-30-29(15-26)35(12-14-43-30)11-4-13-40-2/h5-10,15,24,28,31-34,37H,4,11-14,16-23H2,1-3H3/t24-,28+,31-,32+,33+/m0/s1. The summed E-state index contributed by atoms with van der Waals surface area (Å²) in [6.45, 7) is 7.85. The first-order valence-corrected chi connectivity index (χ1v) is 15.9. The van der Waals surface area contributed by atoms with E-state index >= 15 is 0 Å². The van der Waals surface area contributed by atoms with E-state index in [0.29, 0.717) is 58.6 Å². The summed E-state index contributed by atoms with van der Waals surface area (Å²) in [5.41, 5.74) is 4.18. The highest BCUT2D eigenvalue weighted by atomic mass is 17.0. The molecule has 0 aliphatic carbocycles. The Morgan fingerprint density at radius 2 is 1.76 bits per heavy atom. The van der Waals surface area contributed by atoms with Gasteiger partial charge in [-0.1, -0.05) is 37.3 Å². The lowest BCUT2D eigenvalue weighted by atomic mass is 9.85. The number of hydrogen-bond donors (Lipinski definition) is 2. The normalized spacial score (nSPS) is 20.9. The van der Waals surface area contributed by atoms with Gasteiger partial charge in [-0.05, 0) is 35.2 Å².